The van der Waals surface area contributed by atoms with Crippen molar-refractivity contribution in [3.63, 3.8) is 0 Å². The maximum absolute atomic E-state index is 3.76. The van der Waals surface area contributed by atoms with E-state index in [1.54, 1.807) is 0 Å². The van der Waals surface area contributed by atoms with E-state index in [-0.39, 0.29) is 0 Å². The van der Waals surface area contributed by atoms with Crippen molar-refractivity contribution in [2.45, 2.75) is 44.7 Å². The van der Waals surface area contributed by atoms with E-state index >= 15 is 0 Å². The number of para-hydroxylation sites is 2. The zero-order valence-electron chi connectivity index (χ0n) is 13.6. The summed E-state index contributed by atoms with van der Waals surface area (Å²) in [4.78, 5) is 2.48. The minimum Gasteiger partial charge on any atom is -0.380 e. The predicted molar refractivity (Wildman–Crippen MR) is 95.7 cm³/mol. The fraction of sp³-hybridized carbons (Fsp3) is 0.400. The maximum Gasteiger partial charge on any atom is 0.0488 e. The molecule has 22 heavy (non-hydrogen) atoms. The molecular formula is C20H26N2. The molecular weight excluding hydrogens is 268 g/mol. The highest BCUT2D eigenvalue weighted by Crippen LogP contribution is 2.30. The Labute approximate surface area is 134 Å². The summed E-state index contributed by atoms with van der Waals surface area (Å²) in [5.41, 5.74) is 3.95. The highest BCUT2D eigenvalue weighted by Gasteiger charge is 2.28. The van der Waals surface area contributed by atoms with Crippen molar-refractivity contribution in [1.82, 2.24) is 0 Å². The fourth-order valence-corrected chi connectivity index (χ4v) is 3.63. The third kappa shape index (κ3) is 3.27. The lowest BCUT2D eigenvalue weighted by Gasteiger charge is -2.40. The smallest absolute Gasteiger partial charge is 0.0488 e. The minimum atomic E-state index is 0.515. The highest BCUT2D eigenvalue weighted by atomic mass is 15.2. The van der Waals surface area contributed by atoms with Crippen molar-refractivity contribution in [3.8, 4) is 0 Å². The van der Waals surface area contributed by atoms with Gasteiger partial charge in [0.15, 0.2) is 0 Å². The van der Waals surface area contributed by atoms with Crippen LogP contribution in [-0.4, -0.2) is 19.1 Å². The van der Waals surface area contributed by atoms with Crippen molar-refractivity contribution in [2.75, 3.05) is 17.3 Å². The Morgan fingerprint density at radius 1 is 0.909 bits per heavy atom. The lowest BCUT2D eigenvalue weighted by Crippen LogP contribution is -2.47. The highest BCUT2D eigenvalue weighted by molar-refractivity contribution is 5.54. The SMILES string of the molecule is Cc1ccccc1N(C)[C@@H]1CCCC[C@H]1Nc1ccccc1. The van der Waals surface area contributed by atoms with Gasteiger partial charge in [0.05, 0.1) is 0 Å². The van der Waals surface area contributed by atoms with Gasteiger partial charge in [0.1, 0.15) is 0 Å². The molecule has 0 saturated heterocycles. The van der Waals surface area contributed by atoms with Crippen LogP contribution in [0.25, 0.3) is 0 Å². The number of aryl methyl sites for hydroxylation is 1. The van der Waals surface area contributed by atoms with Crippen LogP contribution in [0.5, 0.6) is 0 Å². The topological polar surface area (TPSA) is 15.3 Å². The molecule has 1 aliphatic carbocycles. The van der Waals surface area contributed by atoms with Crippen LogP contribution >= 0.6 is 0 Å². The number of hydrogen-bond acceptors (Lipinski definition) is 2. The Hall–Kier alpha value is -1.96. The summed E-state index contributed by atoms with van der Waals surface area (Å²) in [7, 11) is 2.25. The molecule has 0 bridgehead atoms. The first kappa shape index (κ1) is 15.0. The molecule has 1 saturated carbocycles. The molecule has 2 atom stereocenters. The summed E-state index contributed by atoms with van der Waals surface area (Å²) in [6.45, 7) is 2.20. The second-order valence-electron chi connectivity index (χ2n) is 6.37. The lowest BCUT2D eigenvalue weighted by molar-refractivity contribution is 0.392. The minimum absolute atomic E-state index is 0.515. The van der Waals surface area contributed by atoms with Crippen LogP contribution in [0.3, 0.4) is 0 Å². The van der Waals surface area contributed by atoms with Crippen LogP contribution in [0.2, 0.25) is 0 Å². The first-order chi connectivity index (χ1) is 10.8. The normalized spacial score (nSPS) is 21.4. The van der Waals surface area contributed by atoms with Gasteiger partial charge in [-0.2, -0.15) is 0 Å². The number of hydrogen-bond donors (Lipinski definition) is 1. The van der Waals surface area contributed by atoms with E-state index in [1.165, 1.54) is 42.6 Å². The van der Waals surface area contributed by atoms with Crippen LogP contribution in [-0.2, 0) is 0 Å². The van der Waals surface area contributed by atoms with Crippen molar-refractivity contribution in [2.24, 2.45) is 0 Å². The van der Waals surface area contributed by atoms with E-state index in [2.05, 4.69) is 78.8 Å². The number of anilines is 2. The van der Waals surface area contributed by atoms with E-state index < -0.39 is 0 Å². The molecule has 1 aliphatic rings. The lowest BCUT2D eigenvalue weighted by atomic mass is 9.88. The molecule has 1 fully saturated rings. The van der Waals surface area contributed by atoms with Crippen LogP contribution in [0, 0.1) is 6.92 Å². The van der Waals surface area contributed by atoms with Gasteiger partial charge in [-0.3, -0.25) is 0 Å². The molecule has 2 aromatic carbocycles. The monoisotopic (exact) mass is 294 g/mol. The van der Waals surface area contributed by atoms with Gasteiger partial charge in [-0.1, -0.05) is 49.2 Å². The van der Waals surface area contributed by atoms with Gasteiger partial charge < -0.3 is 10.2 Å². The third-order valence-electron chi connectivity index (χ3n) is 4.85. The molecule has 3 rings (SSSR count). The van der Waals surface area contributed by atoms with E-state index in [4.69, 9.17) is 0 Å². The zero-order valence-corrected chi connectivity index (χ0v) is 13.6. The van der Waals surface area contributed by atoms with E-state index in [1.807, 2.05) is 0 Å². The Kier molecular flexibility index (Phi) is 4.67. The van der Waals surface area contributed by atoms with Gasteiger partial charge in [0.25, 0.3) is 0 Å². The third-order valence-corrected chi connectivity index (χ3v) is 4.85. The Morgan fingerprint density at radius 2 is 1.59 bits per heavy atom. The Bertz CT molecular complexity index is 594. The Morgan fingerprint density at radius 3 is 2.36 bits per heavy atom. The number of benzene rings is 2. The predicted octanol–water partition coefficient (Wildman–Crippen LogP) is 4.85. The second kappa shape index (κ2) is 6.87. The molecule has 2 nitrogen and oxygen atoms in total. The number of nitrogens with zero attached hydrogens (tertiary/aromatic N) is 1. The molecule has 1 N–H and O–H groups in total. The first-order valence-corrected chi connectivity index (χ1v) is 8.36. The summed E-state index contributed by atoms with van der Waals surface area (Å²) in [5.74, 6) is 0. The maximum atomic E-state index is 3.76. The molecule has 116 valence electrons. The molecule has 0 aromatic heterocycles. The summed E-state index contributed by atoms with van der Waals surface area (Å²) in [6, 6.07) is 20.4. The van der Waals surface area contributed by atoms with Gasteiger partial charge in [-0.05, 0) is 43.5 Å². The largest absolute Gasteiger partial charge is 0.380 e. The summed E-state index contributed by atoms with van der Waals surface area (Å²) >= 11 is 0. The van der Waals surface area contributed by atoms with Gasteiger partial charge in [-0.25, -0.2) is 0 Å². The van der Waals surface area contributed by atoms with E-state index in [9.17, 15) is 0 Å². The van der Waals surface area contributed by atoms with Gasteiger partial charge in [0.2, 0.25) is 0 Å². The summed E-state index contributed by atoms with van der Waals surface area (Å²) in [5, 5.41) is 3.76. The summed E-state index contributed by atoms with van der Waals surface area (Å²) < 4.78 is 0. The van der Waals surface area contributed by atoms with Crippen molar-refractivity contribution in [1.29, 1.82) is 0 Å². The average molecular weight is 294 g/mol. The van der Waals surface area contributed by atoms with E-state index in [0.717, 1.165) is 0 Å². The van der Waals surface area contributed by atoms with Crippen LogP contribution in [0.15, 0.2) is 54.6 Å². The van der Waals surface area contributed by atoms with Crippen LogP contribution < -0.4 is 10.2 Å². The standard InChI is InChI=1S/C20H26N2/c1-16-10-6-8-14-19(16)22(2)20-15-9-7-13-18(20)21-17-11-4-3-5-12-17/h3-6,8,10-12,14,18,20-21H,7,9,13,15H2,1-2H3/t18-,20-/m1/s1. The summed E-state index contributed by atoms with van der Waals surface area (Å²) in [6.07, 6.45) is 5.15. The average Bonchev–Trinajstić information content (AvgIpc) is 2.56. The zero-order chi connectivity index (χ0) is 15.4. The van der Waals surface area contributed by atoms with Crippen LogP contribution in [0.1, 0.15) is 31.2 Å². The Balaban J connectivity index is 1.79. The number of nitrogens with one attached hydrogen (secondary N) is 1. The molecule has 0 aliphatic heterocycles. The van der Waals surface area contributed by atoms with Gasteiger partial charge in [-0.15, -0.1) is 0 Å². The number of rotatable bonds is 4. The van der Waals surface area contributed by atoms with Crippen molar-refractivity contribution in [3.05, 3.63) is 60.2 Å². The van der Waals surface area contributed by atoms with Gasteiger partial charge >= 0.3 is 0 Å². The quantitative estimate of drug-likeness (QED) is 0.866. The second-order valence-corrected chi connectivity index (χ2v) is 6.37. The molecule has 2 aromatic rings. The van der Waals surface area contributed by atoms with Crippen molar-refractivity contribution >= 4 is 11.4 Å². The van der Waals surface area contributed by atoms with Gasteiger partial charge in [0, 0.05) is 30.5 Å². The molecule has 0 unspecified atom stereocenters. The fourth-order valence-electron chi connectivity index (χ4n) is 3.63. The molecule has 0 heterocycles. The molecule has 0 spiro atoms. The molecule has 0 amide bonds. The van der Waals surface area contributed by atoms with Crippen molar-refractivity contribution < 1.29 is 0 Å². The number of likely N-dealkylation sites (N-methyl/N-ethyl adjacent to an activating group) is 1. The molecule has 2 heteroatoms. The van der Waals surface area contributed by atoms with E-state index in [0.29, 0.717) is 12.1 Å². The first-order valence-electron chi connectivity index (χ1n) is 8.36. The van der Waals surface area contributed by atoms with Crippen LogP contribution in [0.4, 0.5) is 11.4 Å². The molecule has 0 radical (unpaired) electrons.